The maximum absolute atomic E-state index is 9.88. The highest BCUT2D eigenvalue weighted by atomic mass is 79.9. The Labute approximate surface area is 105 Å². The van der Waals surface area contributed by atoms with Gasteiger partial charge in [-0.15, -0.1) is 0 Å². The van der Waals surface area contributed by atoms with Crippen LogP contribution in [0.1, 0.15) is 36.8 Å². The maximum atomic E-state index is 9.88. The molecule has 0 bridgehead atoms. The summed E-state index contributed by atoms with van der Waals surface area (Å²) in [5.74, 6) is 0.365. The lowest BCUT2D eigenvalue weighted by Gasteiger charge is -2.28. The molecule has 0 aliphatic heterocycles. The van der Waals surface area contributed by atoms with Crippen molar-refractivity contribution in [1.29, 1.82) is 0 Å². The monoisotopic (exact) mass is 283 g/mol. The Balaban J connectivity index is 2.47. The minimum Gasteiger partial charge on any atom is -0.508 e. The van der Waals surface area contributed by atoms with Crippen LogP contribution in [0.5, 0.6) is 5.75 Å². The smallest absolute Gasteiger partial charge is 0.119 e. The molecule has 2 rings (SSSR count). The molecule has 0 atom stereocenters. The van der Waals surface area contributed by atoms with Crippen LogP contribution in [-0.2, 0) is 5.41 Å². The minimum absolute atomic E-state index is 0.0910. The fraction of sp³-hybridized carbons (Fsp3) is 0.538. The first-order valence-corrected chi connectivity index (χ1v) is 6.58. The van der Waals surface area contributed by atoms with Crippen LogP contribution in [0.15, 0.2) is 16.6 Å². The van der Waals surface area contributed by atoms with Gasteiger partial charge < -0.3 is 10.8 Å². The van der Waals surface area contributed by atoms with Crippen molar-refractivity contribution in [2.24, 2.45) is 5.73 Å². The highest BCUT2D eigenvalue weighted by Gasteiger charge is 2.34. The van der Waals surface area contributed by atoms with Crippen molar-refractivity contribution in [1.82, 2.24) is 0 Å². The molecule has 0 aromatic heterocycles. The van der Waals surface area contributed by atoms with Crippen molar-refractivity contribution >= 4 is 15.9 Å². The van der Waals surface area contributed by atoms with Gasteiger partial charge >= 0.3 is 0 Å². The number of hydrogen-bond acceptors (Lipinski definition) is 2. The summed E-state index contributed by atoms with van der Waals surface area (Å²) >= 11 is 3.50. The summed E-state index contributed by atoms with van der Waals surface area (Å²) in [4.78, 5) is 0. The molecule has 3 N–H and O–H groups in total. The lowest BCUT2D eigenvalue weighted by Crippen LogP contribution is -2.32. The van der Waals surface area contributed by atoms with Crippen molar-refractivity contribution in [3.05, 3.63) is 27.7 Å². The van der Waals surface area contributed by atoms with Crippen LogP contribution in [0, 0.1) is 6.92 Å². The van der Waals surface area contributed by atoms with Gasteiger partial charge in [0, 0.05) is 22.0 Å². The third-order valence-corrected chi connectivity index (χ3v) is 4.70. The average Bonchev–Trinajstić information content (AvgIpc) is 2.75. The molecular weight excluding hydrogens is 266 g/mol. The molecule has 1 aliphatic rings. The van der Waals surface area contributed by atoms with Gasteiger partial charge in [0.25, 0.3) is 0 Å². The largest absolute Gasteiger partial charge is 0.508 e. The Morgan fingerprint density at radius 1 is 1.38 bits per heavy atom. The number of nitrogens with two attached hydrogens (primary N) is 1. The zero-order valence-corrected chi connectivity index (χ0v) is 11.2. The topological polar surface area (TPSA) is 46.2 Å². The quantitative estimate of drug-likeness (QED) is 0.875. The van der Waals surface area contributed by atoms with Gasteiger partial charge in [-0.3, -0.25) is 0 Å². The number of aromatic hydroxyl groups is 1. The molecule has 1 aliphatic carbocycles. The zero-order chi connectivity index (χ0) is 11.8. The van der Waals surface area contributed by atoms with E-state index in [0.717, 1.165) is 22.9 Å². The van der Waals surface area contributed by atoms with Crippen LogP contribution < -0.4 is 5.73 Å². The van der Waals surface area contributed by atoms with E-state index in [0.29, 0.717) is 12.3 Å². The summed E-state index contributed by atoms with van der Waals surface area (Å²) in [6.45, 7) is 2.58. The van der Waals surface area contributed by atoms with E-state index in [9.17, 15) is 5.11 Å². The number of phenolic OH excluding ortho intramolecular Hbond substituents is 1. The Morgan fingerprint density at radius 3 is 2.50 bits per heavy atom. The first-order chi connectivity index (χ1) is 7.59. The molecule has 2 nitrogen and oxygen atoms in total. The molecule has 0 spiro atoms. The summed E-state index contributed by atoms with van der Waals surface area (Å²) < 4.78 is 0.974. The van der Waals surface area contributed by atoms with E-state index in [1.165, 1.54) is 18.4 Å². The van der Waals surface area contributed by atoms with E-state index >= 15 is 0 Å². The Bertz CT molecular complexity index is 374. The van der Waals surface area contributed by atoms with Crippen LogP contribution in [0.2, 0.25) is 0 Å². The minimum atomic E-state index is 0.0910. The molecule has 0 saturated heterocycles. The fourth-order valence-corrected chi connectivity index (χ4v) is 3.08. The summed E-state index contributed by atoms with van der Waals surface area (Å²) in [7, 11) is 0. The van der Waals surface area contributed by atoms with E-state index in [-0.39, 0.29) is 5.41 Å². The highest BCUT2D eigenvalue weighted by Crippen LogP contribution is 2.43. The molecule has 16 heavy (non-hydrogen) atoms. The molecule has 3 heteroatoms. The molecule has 1 aromatic carbocycles. The predicted molar refractivity (Wildman–Crippen MR) is 69.7 cm³/mol. The van der Waals surface area contributed by atoms with Gasteiger partial charge in [-0.25, -0.2) is 0 Å². The van der Waals surface area contributed by atoms with Gasteiger partial charge in [-0.1, -0.05) is 28.8 Å². The van der Waals surface area contributed by atoms with Gasteiger partial charge in [0.05, 0.1) is 0 Å². The van der Waals surface area contributed by atoms with E-state index in [2.05, 4.69) is 22.0 Å². The van der Waals surface area contributed by atoms with Crippen LogP contribution in [-0.4, -0.2) is 11.7 Å². The van der Waals surface area contributed by atoms with E-state index in [4.69, 9.17) is 5.73 Å². The van der Waals surface area contributed by atoms with E-state index in [1.807, 2.05) is 13.0 Å². The first kappa shape index (κ1) is 11.9. The Morgan fingerprint density at radius 2 is 2.00 bits per heavy atom. The Hall–Kier alpha value is -0.540. The van der Waals surface area contributed by atoms with Gasteiger partial charge in [0.15, 0.2) is 0 Å². The van der Waals surface area contributed by atoms with E-state index < -0.39 is 0 Å². The zero-order valence-electron chi connectivity index (χ0n) is 9.59. The van der Waals surface area contributed by atoms with Crippen molar-refractivity contribution in [2.75, 3.05) is 6.54 Å². The summed E-state index contributed by atoms with van der Waals surface area (Å²) in [5, 5.41) is 9.88. The second kappa shape index (κ2) is 4.38. The van der Waals surface area contributed by atoms with E-state index in [1.54, 1.807) is 0 Å². The summed E-state index contributed by atoms with van der Waals surface area (Å²) in [5.41, 5.74) is 8.11. The second-order valence-corrected chi connectivity index (χ2v) is 5.65. The number of rotatable bonds is 2. The molecule has 1 saturated carbocycles. The van der Waals surface area contributed by atoms with Crippen molar-refractivity contribution in [2.45, 2.75) is 38.0 Å². The fourth-order valence-electron chi connectivity index (χ4n) is 2.63. The van der Waals surface area contributed by atoms with Crippen LogP contribution in [0.25, 0.3) is 0 Å². The molecular formula is C13H18BrNO. The molecule has 1 aromatic rings. The van der Waals surface area contributed by atoms with Crippen molar-refractivity contribution < 1.29 is 5.11 Å². The maximum Gasteiger partial charge on any atom is 0.119 e. The van der Waals surface area contributed by atoms with Crippen molar-refractivity contribution in [3.63, 3.8) is 0 Å². The van der Waals surface area contributed by atoms with Crippen molar-refractivity contribution in [3.8, 4) is 5.75 Å². The number of halogens is 1. The normalized spacial score (nSPS) is 18.9. The van der Waals surface area contributed by atoms with Gasteiger partial charge in [-0.05, 0) is 37.5 Å². The molecule has 0 heterocycles. The highest BCUT2D eigenvalue weighted by molar-refractivity contribution is 9.10. The van der Waals surface area contributed by atoms with Crippen LogP contribution in [0.3, 0.4) is 0 Å². The van der Waals surface area contributed by atoms with Gasteiger partial charge in [0.1, 0.15) is 5.75 Å². The standard InChI is InChI=1S/C13H18BrNO/c1-9-11(14)6-10(7-12(9)16)13(8-15)4-2-3-5-13/h6-7,16H,2-5,8,15H2,1H3. The molecule has 1 fully saturated rings. The van der Waals surface area contributed by atoms with Crippen LogP contribution in [0.4, 0.5) is 0 Å². The third kappa shape index (κ3) is 1.87. The number of hydrogen-bond donors (Lipinski definition) is 2. The number of benzene rings is 1. The Kier molecular flexibility index (Phi) is 3.27. The van der Waals surface area contributed by atoms with Gasteiger partial charge in [-0.2, -0.15) is 0 Å². The number of phenols is 1. The molecule has 0 radical (unpaired) electrons. The average molecular weight is 284 g/mol. The van der Waals surface area contributed by atoms with Crippen LogP contribution >= 0.6 is 15.9 Å². The SMILES string of the molecule is Cc1c(O)cc(C2(CN)CCCC2)cc1Br. The third-order valence-electron chi connectivity index (χ3n) is 3.88. The van der Waals surface area contributed by atoms with Gasteiger partial charge in [0.2, 0.25) is 0 Å². The molecule has 0 unspecified atom stereocenters. The predicted octanol–water partition coefficient (Wildman–Crippen LogP) is 3.23. The summed E-state index contributed by atoms with van der Waals surface area (Å²) in [6, 6.07) is 4.01. The lowest BCUT2D eigenvalue weighted by molar-refractivity contribution is 0.439. The second-order valence-electron chi connectivity index (χ2n) is 4.79. The molecule has 88 valence electrons. The lowest BCUT2D eigenvalue weighted by atomic mass is 9.78. The first-order valence-electron chi connectivity index (χ1n) is 5.79. The summed E-state index contributed by atoms with van der Waals surface area (Å²) in [6.07, 6.45) is 4.75. The molecule has 0 amide bonds.